The third-order valence-corrected chi connectivity index (χ3v) is 26.9. The average Bonchev–Trinajstić information content (AvgIpc) is 1.54. The number of carbonyl (C=O) groups is 10. The molecule has 6 aromatic carbocycles. The lowest BCUT2D eigenvalue weighted by atomic mass is 9.83. The second kappa shape index (κ2) is 51.3. The highest BCUT2D eigenvalue weighted by Crippen LogP contribution is 2.41. The quantitative estimate of drug-likeness (QED) is 0.0905. The lowest BCUT2D eigenvalue weighted by Gasteiger charge is -2.37. The standard InChI is InChI=1S/C19H24N2O2.2C19H22N2O2.2C18H22N2O2.C17H21N3O2.6C2H6.3H2/c2*1-12-5-8-16(17(22)20-12)21-10-9-13-11-14(19(2,3)4)6-7-15(13)18(21)23;1-12-5-8-16(17(22)20-12)21-10-9-13-6-7-14(19(2,3)4)11-15(13)18(21)23;1-11-5-8-15(16(21)19-11)20-10-12-9-13(18(2,3)4)6-7-14(12)17(20)22;1-11-8-9-15(16(21)19-11)20-10-13-12(17(20)22)6-5-7-14(13)18(2,3)4;1-11-8-9-19(16(22)18-11)20-10-13-12(15(20)21)6-5-7-14(13)17(2,3)4;6*1-2;;;/h6-7,11,16H,1,5,8-10H2,2-4H3,(H,20,22);2*6-7,9-11,16H,1,5,8H2,2-4H3,(H,20,22);6-7,9,15H,1,5,8,10H2,2-4H3,(H,19,21);5-7,15H,1,8-10H2,2-4H3,(H,19,21);5-7H,1,8-10H2,2-4H3,(H,18,22);6*1-2H3;3*1H. The molecule has 12 heterocycles. The van der Waals surface area contributed by atoms with Crippen LogP contribution in [0.4, 0.5) is 4.79 Å². The molecule has 800 valence electrons. The molecule has 5 atom stereocenters. The zero-order valence-electron chi connectivity index (χ0n) is 93.9. The van der Waals surface area contributed by atoms with Gasteiger partial charge in [-0.1, -0.05) is 320 Å². The van der Waals surface area contributed by atoms with E-state index >= 15 is 0 Å². The van der Waals surface area contributed by atoms with Gasteiger partial charge in [-0.3, -0.25) is 52.7 Å². The third kappa shape index (κ3) is 29.0. The van der Waals surface area contributed by atoms with Gasteiger partial charge >= 0.3 is 6.03 Å². The van der Waals surface area contributed by atoms with E-state index in [9.17, 15) is 57.5 Å². The largest absolute Gasteiger partial charge is 0.340 e. The van der Waals surface area contributed by atoms with E-state index in [1.165, 1.54) is 27.3 Å². The Balaban J connectivity index is 0.000000365. The highest BCUT2D eigenvalue weighted by atomic mass is 16.2. The lowest BCUT2D eigenvalue weighted by Crippen LogP contribution is -2.54. The molecule has 6 saturated heterocycles. The van der Waals surface area contributed by atoms with Gasteiger partial charge in [-0.25, -0.2) is 14.8 Å². The number of fused-ring (bicyclic) bond motifs is 6. The van der Waals surface area contributed by atoms with E-state index in [0.29, 0.717) is 106 Å². The van der Waals surface area contributed by atoms with Gasteiger partial charge in [0, 0.05) is 116 Å². The Bertz CT molecular complexity index is 6280. The molecule has 0 spiro atoms. The number of nitrogens with one attached hydrogen (secondary N) is 6. The number of hydrogen-bond acceptors (Lipinski definition) is 12. The lowest BCUT2D eigenvalue weighted by molar-refractivity contribution is -0.127. The van der Waals surface area contributed by atoms with Gasteiger partial charge in [0.2, 0.25) is 29.5 Å². The maximum absolute atomic E-state index is 12.9. The predicted molar refractivity (Wildman–Crippen MR) is 604 cm³/mol. The minimum Gasteiger partial charge on any atom is -0.329 e. The van der Waals surface area contributed by atoms with Crippen LogP contribution in [0.5, 0.6) is 0 Å². The van der Waals surface area contributed by atoms with E-state index < -0.39 is 18.1 Å². The van der Waals surface area contributed by atoms with Crippen molar-refractivity contribution in [1.29, 1.82) is 0 Å². The van der Waals surface area contributed by atoms with Crippen LogP contribution in [-0.4, -0.2) is 124 Å². The van der Waals surface area contributed by atoms with Crippen molar-refractivity contribution in [2.24, 2.45) is 0 Å². The van der Waals surface area contributed by atoms with Crippen LogP contribution < -0.4 is 43.0 Å². The summed E-state index contributed by atoms with van der Waals surface area (Å²) in [5.41, 5.74) is 18.4. The molecule has 6 fully saturated rings. The summed E-state index contributed by atoms with van der Waals surface area (Å²) >= 11 is 0. The van der Waals surface area contributed by atoms with E-state index in [-0.39, 0.29) is 119 Å². The van der Waals surface area contributed by atoms with Gasteiger partial charge in [0.15, 0.2) is 0 Å². The van der Waals surface area contributed by atoms with Crippen molar-refractivity contribution < 1.29 is 52.2 Å². The Morgan fingerprint density at radius 3 is 1.03 bits per heavy atom. The highest BCUT2D eigenvalue weighted by molar-refractivity contribution is 6.04. The molecule has 10 aliphatic rings. The molecule has 11 amide bonds. The van der Waals surface area contributed by atoms with Crippen LogP contribution in [0.3, 0.4) is 0 Å². The van der Waals surface area contributed by atoms with Crippen LogP contribution >= 0.6 is 0 Å². The van der Waals surface area contributed by atoms with Crippen molar-refractivity contribution in [3.05, 3.63) is 306 Å². The van der Waals surface area contributed by atoms with Crippen LogP contribution in [0.25, 0.3) is 21.5 Å². The summed E-state index contributed by atoms with van der Waals surface area (Å²) in [4.78, 5) is 155. The van der Waals surface area contributed by atoms with Gasteiger partial charge in [-0.15, -0.1) is 0 Å². The topological polar surface area (TPSA) is 303 Å². The molecular formula is C122H175N13O12. The maximum Gasteiger partial charge on any atom is 0.340 e. The fraction of sp³-hybridized carbons (Fsp3) is 0.475. The number of urea groups is 1. The molecule has 0 radical (unpaired) electrons. The number of carbonyl (C=O) groups excluding carboxylic acids is 10. The number of hydrogen-bond donors (Lipinski definition) is 6. The second-order valence-electron chi connectivity index (χ2n) is 43.2. The minimum absolute atomic E-state index is 0. The van der Waals surface area contributed by atoms with Gasteiger partial charge < -0.3 is 55.7 Å². The number of allylic oxidation sites excluding steroid dienone is 5. The van der Waals surface area contributed by atoms with Crippen molar-refractivity contribution in [2.45, 2.75) is 367 Å². The van der Waals surface area contributed by atoms with Crippen molar-refractivity contribution in [3.63, 3.8) is 0 Å². The van der Waals surface area contributed by atoms with Gasteiger partial charge in [-0.05, 0) is 218 Å². The van der Waals surface area contributed by atoms with Crippen LogP contribution in [0.1, 0.15) is 392 Å². The summed E-state index contributed by atoms with van der Waals surface area (Å²) < 4.78 is 3.09. The molecule has 10 aliphatic heterocycles. The Hall–Kier alpha value is -13.3. The number of pyridine rings is 2. The van der Waals surface area contributed by atoms with Gasteiger partial charge in [-0.2, -0.15) is 0 Å². The Kier molecular flexibility index (Phi) is 42.1. The van der Waals surface area contributed by atoms with E-state index in [0.717, 1.165) is 115 Å². The molecular weight excluding hydrogens is 1840 g/mol. The summed E-state index contributed by atoms with van der Waals surface area (Å²) in [6.07, 6.45) is 11.7. The van der Waals surface area contributed by atoms with Crippen molar-refractivity contribution in [2.75, 3.05) is 13.1 Å². The van der Waals surface area contributed by atoms with Gasteiger partial charge in [0.05, 0.1) is 6.54 Å². The molecule has 2 aromatic heterocycles. The summed E-state index contributed by atoms with van der Waals surface area (Å²) in [6, 6.07) is 37.2. The summed E-state index contributed by atoms with van der Waals surface area (Å²) in [6.45, 7) is 87.9. The smallest absolute Gasteiger partial charge is 0.329 e. The number of nitrogens with zero attached hydrogens (tertiary/aromatic N) is 7. The number of aromatic nitrogens is 2. The van der Waals surface area contributed by atoms with Gasteiger partial charge in [0.1, 0.15) is 30.2 Å². The monoisotopic (exact) mass is 2010 g/mol. The van der Waals surface area contributed by atoms with Crippen LogP contribution in [-0.2, 0) is 82.5 Å². The highest BCUT2D eigenvalue weighted by Gasteiger charge is 2.44. The van der Waals surface area contributed by atoms with Crippen molar-refractivity contribution >= 4 is 80.7 Å². The Morgan fingerprint density at radius 2 is 0.612 bits per heavy atom. The fourth-order valence-corrected chi connectivity index (χ4v) is 18.9. The van der Waals surface area contributed by atoms with E-state index in [2.05, 4.69) is 232 Å². The van der Waals surface area contributed by atoms with E-state index in [1.54, 1.807) is 41.2 Å². The molecule has 8 aromatic rings. The van der Waals surface area contributed by atoms with Crippen LogP contribution in [0, 0.1) is 0 Å². The normalized spacial score (nSPS) is 19.0. The first kappa shape index (κ1) is 121. The Morgan fingerprint density at radius 1 is 0.279 bits per heavy atom. The molecule has 18 rings (SSSR count). The number of rotatable bonds is 6. The summed E-state index contributed by atoms with van der Waals surface area (Å²) in [7, 11) is 0. The first-order chi connectivity index (χ1) is 69.2. The molecule has 147 heavy (non-hydrogen) atoms. The first-order valence-corrected chi connectivity index (χ1v) is 52.9. The molecule has 25 heteroatoms. The SMILES string of the molecule is C=C1CCC(N2CCc3cc(C(C)(C)C)ccc3C2=O)C(=O)N1.C=C1CCC(N2Cc3c(cccc3C(C)(C)C)C2=O)C(=O)N1.C=C1CCC(N2Cc3cc(C(C)(C)C)ccc3C2=O)C(=O)N1.C=C1CCC(n2ccc3cc(C(C)(C)C)ccc3c2=O)C(=O)N1.C=C1CCC(n2ccc3ccc(C(C)(C)C)cc3c2=O)C(=O)N1.C=C1CCN(N2Cc3c(cccc3C(C)(C)C)C2=O)C(=O)N1.CC.CC.CC.CC.CC.CC.[HH].[HH].[HH]. The zero-order chi connectivity index (χ0) is 111. The fourth-order valence-electron chi connectivity index (χ4n) is 18.9. The second-order valence-corrected chi connectivity index (χ2v) is 43.2. The third-order valence-electron chi connectivity index (χ3n) is 26.9. The number of benzene rings is 6. The summed E-state index contributed by atoms with van der Waals surface area (Å²) in [5, 5.41) is 22.7. The predicted octanol–water partition coefficient (Wildman–Crippen LogP) is 24.4. The summed E-state index contributed by atoms with van der Waals surface area (Å²) in [5.74, 6) is -0.865. The molecule has 5 unspecified atom stereocenters. The van der Waals surface area contributed by atoms with Crippen LogP contribution in [0.15, 0.2) is 217 Å². The molecule has 0 aliphatic carbocycles. The Labute approximate surface area is 879 Å². The minimum atomic E-state index is -0.462. The number of amides is 11. The van der Waals surface area contributed by atoms with E-state index in [4.69, 9.17) is 0 Å². The average molecular weight is 2020 g/mol. The molecule has 6 N–H and O–H groups in total. The molecule has 0 bridgehead atoms. The van der Waals surface area contributed by atoms with Crippen LogP contribution in [0.2, 0.25) is 0 Å². The van der Waals surface area contributed by atoms with Gasteiger partial charge in [0.25, 0.3) is 34.7 Å². The zero-order valence-corrected chi connectivity index (χ0v) is 93.9. The first-order valence-electron chi connectivity index (χ1n) is 52.9. The van der Waals surface area contributed by atoms with Crippen molar-refractivity contribution in [1.82, 2.24) is 65.8 Å². The molecule has 25 nitrogen and oxygen atoms in total. The van der Waals surface area contributed by atoms with Crippen molar-refractivity contribution in [3.8, 4) is 0 Å². The molecule has 0 saturated carbocycles. The maximum atomic E-state index is 12.9. The number of hydrazine groups is 1. The van der Waals surface area contributed by atoms with E-state index in [1.807, 2.05) is 168 Å². The number of piperidine rings is 5.